The standard InChI is InChI=1S/C9H18N4O3S/c1-2-16-5-3-4-12-17(14,15)9-8(6-10)7-11-13-9/h7,12H,2-6,10H2,1H3,(H,11,13). The number of hydrogen-bond acceptors (Lipinski definition) is 5. The van der Waals surface area contributed by atoms with E-state index < -0.39 is 10.0 Å². The summed E-state index contributed by atoms with van der Waals surface area (Å²) >= 11 is 0. The molecule has 0 spiro atoms. The predicted molar refractivity (Wildman–Crippen MR) is 62.8 cm³/mol. The van der Waals surface area contributed by atoms with Crippen LogP contribution in [0.2, 0.25) is 0 Å². The molecule has 0 amide bonds. The summed E-state index contributed by atoms with van der Waals surface area (Å²) in [6.45, 7) is 3.51. The minimum absolute atomic E-state index is 0.0383. The number of hydrogen-bond donors (Lipinski definition) is 3. The molecule has 0 atom stereocenters. The quantitative estimate of drug-likeness (QED) is 0.551. The molecule has 0 saturated heterocycles. The number of H-pyrrole nitrogens is 1. The van der Waals surface area contributed by atoms with Gasteiger partial charge in [-0.15, -0.1) is 0 Å². The van der Waals surface area contributed by atoms with Crippen LogP contribution in [0, 0.1) is 0 Å². The molecule has 98 valence electrons. The highest BCUT2D eigenvalue weighted by Gasteiger charge is 2.19. The first kappa shape index (κ1) is 14.1. The first-order chi connectivity index (χ1) is 8.11. The number of rotatable bonds is 8. The van der Waals surface area contributed by atoms with Gasteiger partial charge in [-0.25, -0.2) is 13.1 Å². The van der Waals surface area contributed by atoms with E-state index >= 15 is 0 Å². The molecular weight excluding hydrogens is 244 g/mol. The van der Waals surface area contributed by atoms with Gasteiger partial charge in [0, 0.05) is 31.9 Å². The topological polar surface area (TPSA) is 110 Å². The highest BCUT2D eigenvalue weighted by atomic mass is 32.2. The maximum absolute atomic E-state index is 11.8. The summed E-state index contributed by atoms with van der Waals surface area (Å²) in [5, 5.41) is 6.14. The molecule has 8 heteroatoms. The SMILES string of the molecule is CCOCCCNS(=O)(=O)c1[nH]ncc1CN. The van der Waals surface area contributed by atoms with Crippen molar-refractivity contribution in [1.82, 2.24) is 14.9 Å². The number of nitrogens with two attached hydrogens (primary N) is 1. The van der Waals surface area contributed by atoms with Crippen molar-refractivity contribution in [1.29, 1.82) is 0 Å². The van der Waals surface area contributed by atoms with Crippen LogP contribution in [-0.2, 0) is 21.3 Å². The van der Waals surface area contributed by atoms with Crippen LogP contribution < -0.4 is 10.5 Å². The average Bonchev–Trinajstić information content (AvgIpc) is 2.77. The van der Waals surface area contributed by atoms with Crippen molar-refractivity contribution >= 4 is 10.0 Å². The van der Waals surface area contributed by atoms with E-state index in [0.717, 1.165) is 0 Å². The lowest BCUT2D eigenvalue weighted by Crippen LogP contribution is -2.27. The fourth-order valence-electron chi connectivity index (χ4n) is 1.27. The van der Waals surface area contributed by atoms with Gasteiger partial charge in [0.05, 0.1) is 6.20 Å². The molecule has 0 fully saturated rings. The second-order valence-electron chi connectivity index (χ2n) is 3.38. The van der Waals surface area contributed by atoms with Gasteiger partial charge in [-0.2, -0.15) is 5.10 Å². The Balaban J connectivity index is 2.51. The largest absolute Gasteiger partial charge is 0.382 e. The highest BCUT2D eigenvalue weighted by molar-refractivity contribution is 7.89. The van der Waals surface area contributed by atoms with E-state index in [1.165, 1.54) is 6.20 Å². The third kappa shape index (κ3) is 4.08. The van der Waals surface area contributed by atoms with E-state index in [-0.39, 0.29) is 11.6 Å². The van der Waals surface area contributed by atoms with E-state index in [1.807, 2.05) is 6.92 Å². The third-order valence-corrected chi connectivity index (χ3v) is 3.60. The molecule has 0 aliphatic rings. The fraction of sp³-hybridized carbons (Fsp3) is 0.667. The van der Waals surface area contributed by atoms with Crippen LogP contribution >= 0.6 is 0 Å². The molecule has 0 aromatic carbocycles. The molecule has 0 aliphatic heterocycles. The Kier molecular flexibility index (Phi) is 5.56. The molecule has 0 radical (unpaired) electrons. The lowest BCUT2D eigenvalue weighted by Gasteiger charge is -2.06. The van der Waals surface area contributed by atoms with Crippen LogP contribution in [0.3, 0.4) is 0 Å². The summed E-state index contributed by atoms with van der Waals surface area (Å²) in [5.41, 5.74) is 5.89. The Morgan fingerprint density at radius 1 is 1.59 bits per heavy atom. The maximum atomic E-state index is 11.8. The third-order valence-electron chi connectivity index (χ3n) is 2.13. The van der Waals surface area contributed by atoms with Crippen LogP contribution in [0.1, 0.15) is 18.9 Å². The number of sulfonamides is 1. The number of aromatic nitrogens is 2. The number of nitrogens with zero attached hydrogens (tertiary/aromatic N) is 1. The molecule has 4 N–H and O–H groups in total. The second-order valence-corrected chi connectivity index (χ2v) is 5.08. The number of ether oxygens (including phenoxy) is 1. The minimum atomic E-state index is -3.55. The molecule has 1 aromatic heterocycles. The number of aromatic amines is 1. The van der Waals surface area contributed by atoms with E-state index in [9.17, 15) is 8.42 Å². The molecule has 17 heavy (non-hydrogen) atoms. The van der Waals surface area contributed by atoms with Crippen LogP contribution in [-0.4, -0.2) is 38.4 Å². The minimum Gasteiger partial charge on any atom is -0.382 e. The molecule has 1 aromatic rings. The Hall–Kier alpha value is -0.960. The van der Waals surface area contributed by atoms with Gasteiger partial charge in [0.2, 0.25) is 0 Å². The Morgan fingerprint density at radius 3 is 3.00 bits per heavy atom. The highest BCUT2D eigenvalue weighted by Crippen LogP contribution is 2.10. The van der Waals surface area contributed by atoms with Crippen molar-refractivity contribution < 1.29 is 13.2 Å². The van der Waals surface area contributed by atoms with E-state index in [1.54, 1.807) is 0 Å². The van der Waals surface area contributed by atoms with Crippen molar-refractivity contribution in [3.63, 3.8) is 0 Å². The zero-order valence-corrected chi connectivity index (χ0v) is 10.6. The van der Waals surface area contributed by atoms with E-state index in [2.05, 4.69) is 14.9 Å². The van der Waals surface area contributed by atoms with Gasteiger partial charge >= 0.3 is 0 Å². The molecule has 1 heterocycles. The van der Waals surface area contributed by atoms with Crippen molar-refractivity contribution in [3.8, 4) is 0 Å². The van der Waals surface area contributed by atoms with E-state index in [0.29, 0.717) is 31.7 Å². The zero-order valence-electron chi connectivity index (χ0n) is 9.77. The van der Waals surface area contributed by atoms with E-state index in [4.69, 9.17) is 10.5 Å². The van der Waals surface area contributed by atoms with Gasteiger partial charge in [-0.05, 0) is 13.3 Å². The Bertz CT molecular complexity index is 429. The molecule has 0 unspecified atom stereocenters. The van der Waals surface area contributed by atoms with Gasteiger partial charge in [-0.1, -0.05) is 0 Å². The summed E-state index contributed by atoms with van der Waals surface area (Å²) < 4.78 is 31.2. The van der Waals surface area contributed by atoms with Gasteiger partial charge in [0.1, 0.15) is 0 Å². The number of nitrogens with one attached hydrogen (secondary N) is 2. The smallest absolute Gasteiger partial charge is 0.257 e. The van der Waals surface area contributed by atoms with Crippen LogP contribution in [0.4, 0.5) is 0 Å². The van der Waals surface area contributed by atoms with Crippen LogP contribution in [0.25, 0.3) is 0 Å². The molecular formula is C9H18N4O3S. The van der Waals surface area contributed by atoms with Gasteiger partial charge in [0.25, 0.3) is 10.0 Å². The fourth-order valence-corrected chi connectivity index (χ4v) is 2.49. The maximum Gasteiger partial charge on any atom is 0.257 e. The van der Waals surface area contributed by atoms with Crippen molar-refractivity contribution in [2.75, 3.05) is 19.8 Å². The lowest BCUT2D eigenvalue weighted by atomic mass is 10.4. The lowest BCUT2D eigenvalue weighted by molar-refractivity contribution is 0.146. The van der Waals surface area contributed by atoms with Crippen molar-refractivity contribution in [3.05, 3.63) is 11.8 Å². The average molecular weight is 262 g/mol. The molecule has 1 rings (SSSR count). The summed E-state index contributed by atoms with van der Waals surface area (Å²) in [6.07, 6.45) is 2.04. The van der Waals surface area contributed by atoms with Gasteiger partial charge in [0.15, 0.2) is 5.03 Å². The monoisotopic (exact) mass is 262 g/mol. The summed E-state index contributed by atoms with van der Waals surface area (Å²) in [5.74, 6) is 0. The molecule has 7 nitrogen and oxygen atoms in total. The molecule has 0 bridgehead atoms. The van der Waals surface area contributed by atoms with Crippen LogP contribution in [0.5, 0.6) is 0 Å². The first-order valence-corrected chi connectivity index (χ1v) is 6.90. The molecule has 0 saturated carbocycles. The first-order valence-electron chi connectivity index (χ1n) is 5.41. The Morgan fingerprint density at radius 2 is 2.35 bits per heavy atom. The predicted octanol–water partition coefficient (Wildman–Crippen LogP) is -0.427. The van der Waals surface area contributed by atoms with Gasteiger partial charge in [-0.3, -0.25) is 5.10 Å². The second kappa shape index (κ2) is 6.70. The van der Waals surface area contributed by atoms with Gasteiger partial charge < -0.3 is 10.5 Å². The zero-order chi connectivity index (χ0) is 12.7. The summed E-state index contributed by atoms with van der Waals surface area (Å²) in [6, 6.07) is 0. The van der Waals surface area contributed by atoms with Crippen LogP contribution in [0.15, 0.2) is 11.2 Å². The normalized spacial score (nSPS) is 11.9. The Labute approximate surface area is 101 Å². The summed E-state index contributed by atoms with van der Waals surface area (Å²) in [7, 11) is -3.55. The molecule has 0 aliphatic carbocycles. The van der Waals surface area contributed by atoms with Crippen molar-refractivity contribution in [2.24, 2.45) is 5.73 Å². The van der Waals surface area contributed by atoms with Crippen molar-refractivity contribution in [2.45, 2.75) is 24.9 Å². The summed E-state index contributed by atoms with van der Waals surface area (Å²) in [4.78, 5) is 0.